The Kier molecular flexibility index (Phi) is 6.34. The molecule has 0 saturated heterocycles. The van der Waals surface area contributed by atoms with Gasteiger partial charge >= 0.3 is 12.1 Å². The summed E-state index contributed by atoms with van der Waals surface area (Å²) in [6.07, 6.45) is -0.800. The zero-order valence-corrected chi connectivity index (χ0v) is 14.5. The fourth-order valence-electron chi connectivity index (χ4n) is 1.69. The topological polar surface area (TPSA) is 64.6 Å². The van der Waals surface area contributed by atoms with Gasteiger partial charge in [-0.25, -0.2) is 14.0 Å². The first-order valence-corrected chi connectivity index (χ1v) is 7.43. The summed E-state index contributed by atoms with van der Waals surface area (Å²) < 4.78 is 24.2. The lowest BCUT2D eigenvalue weighted by atomic mass is 10.1. The zero-order valence-electron chi connectivity index (χ0n) is 12.9. The maximum absolute atomic E-state index is 13.9. The van der Waals surface area contributed by atoms with Crippen LogP contribution in [0.4, 0.5) is 9.18 Å². The van der Waals surface area contributed by atoms with Crippen molar-refractivity contribution >= 4 is 28.0 Å². The quantitative estimate of drug-likeness (QED) is 0.820. The number of esters is 1. The molecule has 1 N–H and O–H groups in total. The van der Waals surface area contributed by atoms with E-state index in [1.807, 2.05) is 0 Å². The largest absolute Gasteiger partial charge is 0.467 e. The van der Waals surface area contributed by atoms with Crippen LogP contribution in [0.15, 0.2) is 22.7 Å². The zero-order chi connectivity index (χ0) is 16.9. The van der Waals surface area contributed by atoms with E-state index in [2.05, 4.69) is 26.0 Å². The number of nitrogens with one attached hydrogen (secondary N) is 1. The third-order valence-corrected chi connectivity index (χ3v) is 3.11. The third-order valence-electron chi connectivity index (χ3n) is 2.62. The standard InChI is InChI=1S/C15H19BrFNO4/c1-15(2,3)22-14(20)18-12(13(19)21-4)7-9-5-6-10(16)8-11(9)17/h5-6,8,12H,7H2,1-4H3,(H,18,20)/t12-/m0/s1. The molecule has 0 aliphatic rings. The Morgan fingerprint density at radius 1 is 1.36 bits per heavy atom. The van der Waals surface area contributed by atoms with Crippen LogP contribution < -0.4 is 5.32 Å². The monoisotopic (exact) mass is 375 g/mol. The number of alkyl carbamates (subject to hydrolysis) is 1. The van der Waals surface area contributed by atoms with Crippen LogP contribution in [0.3, 0.4) is 0 Å². The second kappa shape index (κ2) is 7.58. The van der Waals surface area contributed by atoms with Gasteiger partial charge in [0.1, 0.15) is 17.5 Å². The van der Waals surface area contributed by atoms with Crippen molar-refractivity contribution in [3.63, 3.8) is 0 Å². The van der Waals surface area contributed by atoms with Crippen LogP contribution in [0.5, 0.6) is 0 Å². The number of amides is 1. The van der Waals surface area contributed by atoms with Crippen molar-refractivity contribution < 1.29 is 23.5 Å². The molecule has 0 heterocycles. The highest BCUT2D eigenvalue weighted by Crippen LogP contribution is 2.17. The van der Waals surface area contributed by atoms with E-state index in [0.717, 1.165) is 0 Å². The van der Waals surface area contributed by atoms with Crippen LogP contribution in [0.2, 0.25) is 0 Å². The summed E-state index contributed by atoms with van der Waals surface area (Å²) in [5.74, 6) is -1.15. The van der Waals surface area contributed by atoms with Gasteiger partial charge in [0.25, 0.3) is 0 Å². The summed E-state index contributed by atoms with van der Waals surface area (Å²) in [7, 11) is 1.20. The lowest BCUT2D eigenvalue weighted by molar-refractivity contribution is -0.143. The highest BCUT2D eigenvalue weighted by atomic mass is 79.9. The van der Waals surface area contributed by atoms with Gasteiger partial charge in [0.2, 0.25) is 0 Å². The van der Waals surface area contributed by atoms with Gasteiger partial charge in [0, 0.05) is 10.9 Å². The summed E-state index contributed by atoms with van der Waals surface area (Å²) in [4.78, 5) is 23.5. The first-order valence-electron chi connectivity index (χ1n) is 6.63. The SMILES string of the molecule is COC(=O)[C@H](Cc1ccc(Br)cc1F)NC(=O)OC(C)(C)C. The molecule has 1 rings (SSSR count). The summed E-state index contributed by atoms with van der Waals surface area (Å²) in [6.45, 7) is 5.11. The van der Waals surface area contributed by atoms with Gasteiger partial charge in [-0.2, -0.15) is 0 Å². The highest BCUT2D eigenvalue weighted by Gasteiger charge is 2.26. The average Bonchev–Trinajstić information content (AvgIpc) is 2.37. The second-order valence-electron chi connectivity index (χ2n) is 5.66. The third kappa shape index (κ3) is 6.01. The molecule has 7 heteroatoms. The minimum Gasteiger partial charge on any atom is -0.467 e. The summed E-state index contributed by atoms with van der Waals surface area (Å²) in [5, 5.41) is 2.40. The van der Waals surface area contributed by atoms with Crippen LogP contribution in [0.1, 0.15) is 26.3 Å². The summed E-state index contributed by atoms with van der Waals surface area (Å²) in [6, 6.07) is 3.44. The van der Waals surface area contributed by atoms with Gasteiger partial charge < -0.3 is 14.8 Å². The first-order chi connectivity index (χ1) is 10.1. The van der Waals surface area contributed by atoms with Crippen LogP contribution in [0.25, 0.3) is 0 Å². The Balaban J connectivity index is 2.85. The van der Waals surface area contributed by atoms with Crippen LogP contribution in [-0.2, 0) is 20.7 Å². The summed E-state index contributed by atoms with van der Waals surface area (Å²) in [5.41, 5.74) is -0.414. The Labute approximate surface area is 137 Å². The molecule has 0 unspecified atom stereocenters. The van der Waals surface area contributed by atoms with Crippen molar-refractivity contribution in [3.8, 4) is 0 Å². The molecule has 122 valence electrons. The maximum Gasteiger partial charge on any atom is 0.408 e. The Morgan fingerprint density at radius 2 is 2.00 bits per heavy atom. The molecule has 0 spiro atoms. The number of carbonyl (C=O) groups excluding carboxylic acids is 2. The number of ether oxygens (including phenoxy) is 2. The molecule has 0 aromatic heterocycles. The molecule has 0 aliphatic carbocycles. The van der Waals surface area contributed by atoms with Crippen molar-refractivity contribution in [1.82, 2.24) is 5.32 Å². The number of carbonyl (C=O) groups is 2. The molecule has 1 atom stereocenters. The first kappa shape index (κ1) is 18.4. The van der Waals surface area contributed by atoms with Crippen LogP contribution >= 0.6 is 15.9 Å². The minimum absolute atomic E-state index is 0.0367. The average molecular weight is 376 g/mol. The van der Waals surface area contributed by atoms with Crippen LogP contribution in [0, 0.1) is 5.82 Å². The summed E-state index contributed by atoms with van der Waals surface area (Å²) >= 11 is 3.16. The van der Waals surface area contributed by atoms with Crippen molar-refractivity contribution in [3.05, 3.63) is 34.1 Å². The van der Waals surface area contributed by atoms with E-state index in [-0.39, 0.29) is 12.0 Å². The Hall–Kier alpha value is -1.63. The van der Waals surface area contributed by atoms with Gasteiger partial charge in [-0.05, 0) is 38.5 Å². The molecule has 0 radical (unpaired) electrons. The maximum atomic E-state index is 13.9. The van der Waals surface area contributed by atoms with E-state index in [9.17, 15) is 14.0 Å². The minimum atomic E-state index is -1.03. The lowest BCUT2D eigenvalue weighted by Crippen LogP contribution is -2.45. The molecular formula is C15H19BrFNO4. The molecule has 5 nitrogen and oxygen atoms in total. The molecule has 1 aromatic rings. The molecule has 1 aromatic carbocycles. The fraction of sp³-hybridized carbons (Fsp3) is 0.467. The van der Waals surface area contributed by atoms with Gasteiger partial charge in [0.15, 0.2) is 0 Å². The molecule has 0 fully saturated rings. The molecule has 0 bridgehead atoms. The number of benzene rings is 1. The molecule has 1 amide bonds. The highest BCUT2D eigenvalue weighted by molar-refractivity contribution is 9.10. The smallest absolute Gasteiger partial charge is 0.408 e. The Bertz CT molecular complexity index is 557. The van der Waals surface area contributed by atoms with E-state index in [1.54, 1.807) is 26.8 Å². The van der Waals surface area contributed by atoms with Crippen LogP contribution in [-0.4, -0.2) is 30.8 Å². The van der Waals surface area contributed by atoms with E-state index in [1.165, 1.54) is 19.2 Å². The second-order valence-corrected chi connectivity index (χ2v) is 6.58. The molecule has 22 heavy (non-hydrogen) atoms. The number of methoxy groups -OCH3 is 1. The van der Waals surface area contributed by atoms with Crippen molar-refractivity contribution in [2.45, 2.75) is 38.8 Å². The number of rotatable bonds is 4. The van der Waals surface area contributed by atoms with Crippen molar-refractivity contribution in [2.24, 2.45) is 0 Å². The van der Waals surface area contributed by atoms with Gasteiger partial charge in [0.05, 0.1) is 7.11 Å². The van der Waals surface area contributed by atoms with Crippen molar-refractivity contribution in [2.75, 3.05) is 7.11 Å². The number of hydrogen-bond donors (Lipinski definition) is 1. The Morgan fingerprint density at radius 3 is 2.50 bits per heavy atom. The fourth-order valence-corrected chi connectivity index (χ4v) is 2.03. The van der Waals surface area contributed by atoms with E-state index >= 15 is 0 Å². The number of hydrogen-bond acceptors (Lipinski definition) is 4. The van der Waals surface area contributed by atoms with Crippen molar-refractivity contribution in [1.29, 1.82) is 0 Å². The van der Waals surface area contributed by atoms with Gasteiger partial charge in [-0.3, -0.25) is 0 Å². The van der Waals surface area contributed by atoms with E-state index in [0.29, 0.717) is 4.47 Å². The normalized spacial score (nSPS) is 12.5. The predicted molar refractivity (Wildman–Crippen MR) is 83.0 cm³/mol. The molecule has 0 aliphatic heterocycles. The molecular weight excluding hydrogens is 357 g/mol. The van der Waals surface area contributed by atoms with E-state index < -0.39 is 29.5 Å². The van der Waals surface area contributed by atoms with Gasteiger partial charge in [-0.15, -0.1) is 0 Å². The molecule has 0 saturated carbocycles. The lowest BCUT2D eigenvalue weighted by Gasteiger charge is -2.22. The predicted octanol–water partition coefficient (Wildman–Crippen LogP) is 3.20. The van der Waals surface area contributed by atoms with E-state index in [4.69, 9.17) is 4.74 Å². The van der Waals surface area contributed by atoms with Gasteiger partial charge in [-0.1, -0.05) is 22.0 Å². The number of halogens is 2.